The van der Waals surface area contributed by atoms with E-state index in [1.54, 1.807) is 0 Å². The summed E-state index contributed by atoms with van der Waals surface area (Å²) < 4.78 is 32.0. The molecule has 1 amide bonds. The lowest BCUT2D eigenvalue weighted by Gasteiger charge is -2.25. The highest BCUT2D eigenvalue weighted by atomic mass is 32.2. The second-order valence-corrected chi connectivity index (χ2v) is 10.6. The van der Waals surface area contributed by atoms with Crippen molar-refractivity contribution in [2.24, 2.45) is 0 Å². The Hall–Kier alpha value is -1.77. The monoisotopic (exact) mass is 437 g/mol. The van der Waals surface area contributed by atoms with Gasteiger partial charge in [0.25, 0.3) is 5.91 Å². The number of morpholine rings is 1. The van der Waals surface area contributed by atoms with Crippen molar-refractivity contribution in [1.82, 2.24) is 4.31 Å². The number of carbonyl (C=O) groups excluding carboxylic acids is 1. The first-order valence-electron chi connectivity index (χ1n) is 9.03. The summed E-state index contributed by atoms with van der Waals surface area (Å²) in [6, 6.07) is 3.62. The minimum absolute atomic E-state index is 0.121. The van der Waals surface area contributed by atoms with Gasteiger partial charge < -0.3 is 10.1 Å². The number of sulfonamides is 1. The average Bonchev–Trinajstić information content (AvgIpc) is 3.33. The van der Waals surface area contributed by atoms with Crippen LogP contribution in [-0.4, -0.2) is 44.9 Å². The van der Waals surface area contributed by atoms with Crippen LogP contribution < -0.4 is 5.32 Å². The number of hydrogen-bond acceptors (Lipinski definition) is 7. The van der Waals surface area contributed by atoms with Crippen molar-refractivity contribution < 1.29 is 17.9 Å². The first kappa shape index (κ1) is 19.5. The predicted octanol–water partition coefficient (Wildman–Crippen LogP) is 2.83. The number of nitrogens with one attached hydrogen (secondary N) is 1. The molecule has 148 valence electrons. The molecule has 28 heavy (non-hydrogen) atoms. The molecular weight excluding hydrogens is 418 g/mol. The fourth-order valence-electron chi connectivity index (χ4n) is 3.45. The zero-order valence-corrected chi connectivity index (χ0v) is 17.5. The number of nitrogens with zero attached hydrogens (tertiary/aromatic N) is 2. The van der Waals surface area contributed by atoms with E-state index in [1.165, 1.54) is 32.0 Å². The highest BCUT2D eigenvalue weighted by Crippen LogP contribution is 2.38. The van der Waals surface area contributed by atoms with E-state index in [2.05, 4.69) is 11.4 Å². The summed E-state index contributed by atoms with van der Waals surface area (Å²) in [5, 5.41) is 14.4. The molecule has 1 saturated heterocycles. The maximum atomic E-state index is 12.7. The number of carbonyl (C=O) groups is 1. The van der Waals surface area contributed by atoms with Crippen molar-refractivity contribution >= 4 is 43.6 Å². The number of rotatable bonds is 4. The van der Waals surface area contributed by atoms with Gasteiger partial charge in [0, 0.05) is 23.3 Å². The fraction of sp³-hybridized carbons (Fsp3) is 0.444. The molecule has 1 N–H and O–H groups in total. The van der Waals surface area contributed by atoms with Crippen LogP contribution in [0.5, 0.6) is 0 Å². The molecule has 2 aromatic rings. The first-order chi connectivity index (χ1) is 13.5. The van der Waals surface area contributed by atoms with Gasteiger partial charge in [0.2, 0.25) is 10.0 Å². The Morgan fingerprint density at radius 2 is 2.00 bits per heavy atom. The van der Waals surface area contributed by atoms with Crippen LogP contribution in [0, 0.1) is 11.3 Å². The molecule has 1 fully saturated rings. The highest BCUT2D eigenvalue weighted by Gasteiger charge is 2.28. The van der Waals surface area contributed by atoms with Crippen LogP contribution in [0.15, 0.2) is 16.3 Å². The minimum atomic E-state index is -3.63. The third kappa shape index (κ3) is 3.60. The molecule has 4 rings (SSSR count). The lowest BCUT2D eigenvalue weighted by atomic mass is 9.96. The Morgan fingerprint density at radius 1 is 1.25 bits per heavy atom. The Morgan fingerprint density at radius 3 is 2.75 bits per heavy atom. The van der Waals surface area contributed by atoms with E-state index < -0.39 is 10.0 Å². The van der Waals surface area contributed by atoms with Gasteiger partial charge in [-0.1, -0.05) is 0 Å². The van der Waals surface area contributed by atoms with E-state index >= 15 is 0 Å². The number of ether oxygens (including phenoxy) is 1. The predicted molar refractivity (Wildman–Crippen MR) is 108 cm³/mol. The zero-order chi connectivity index (χ0) is 19.7. The van der Waals surface area contributed by atoms with Gasteiger partial charge in [-0.3, -0.25) is 4.79 Å². The summed E-state index contributed by atoms with van der Waals surface area (Å²) in [5.74, 6) is -0.386. The Labute approximate surface area is 171 Å². The summed E-state index contributed by atoms with van der Waals surface area (Å²) in [5.41, 5.74) is 1.60. The van der Waals surface area contributed by atoms with Crippen molar-refractivity contribution in [2.45, 2.75) is 30.6 Å². The van der Waals surface area contributed by atoms with E-state index in [0.717, 1.165) is 42.6 Å². The average molecular weight is 438 g/mol. The third-order valence-electron chi connectivity index (χ3n) is 4.92. The summed E-state index contributed by atoms with van der Waals surface area (Å²) >= 11 is 2.54. The van der Waals surface area contributed by atoms with Crippen molar-refractivity contribution in [1.29, 1.82) is 5.26 Å². The van der Waals surface area contributed by atoms with E-state index in [-0.39, 0.29) is 10.8 Å². The Bertz CT molecular complexity index is 1040. The molecule has 10 heteroatoms. The van der Waals surface area contributed by atoms with Crippen molar-refractivity contribution in [2.75, 3.05) is 31.6 Å². The smallest absolute Gasteiger partial charge is 0.266 e. The molecular formula is C18H19N3O4S3. The summed E-state index contributed by atoms with van der Waals surface area (Å²) in [7, 11) is -3.63. The number of anilines is 1. The molecule has 3 heterocycles. The molecule has 0 atom stereocenters. The number of amides is 1. The first-order valence-corrected chi connectivity index (χ1v) is 12.2. The number of nitriles is 1. The van der Waals surface area contributed by atoms with E-state index in [4.69, 9.17) is 4.74 Å². The number of aryl methyl sites for hydroxylation is 1. The zero-order valence-electron chi connectivity index (χ0n) is 15.1. The molecule has 0 saturated carbocycles. The summed E-state index contributed by atoms with van der Waals surface area (Å²) in [6.07, 6.45) is 3.95. The Kier molecular flexibility index (Phi) is 5.53. The third-order valence-corrected chi connectivity index (χ3v) is 9.08. The fourth-order valence-corrected chi connectivity index (χ4v) is 7.25. The van der Waals surface area contributed by atoms with E-state index in [0.29, 0.717) is 41.7 Å². The number of fused-ring (bicyclic) bond motifs is 1. The molecule has 2 aliphatic rings. The van der Waals surface area contributed by atoms with Gasteiger partial charge in [0.05, 0.1) is 28.5 Å². The van der Waals surface area contributed by atoms with Gasteiger partial charge >= 0.3 is 0 Å². The van der Waals surface area contributed by atoms with Crippen LogP contribution in [0.25, 0.3) is 0 Å². The molecule has 0 unspecified atom stereocenters. The van der Waals surface area contributed by atoms with Crippen molar-refractivity contribution in [3.63, 3.8) is 0 Å². The van der Waals surface area contributed by atoms with Crippen molar-refractivity contribution in [3.05, 3.63) is 32.3 Å². The summed E-state index contributed by atoms with van der Waals surface area (Å²) in [4.78, 5) is 14.3. The summed E-state index contributed by atoms with van der Waals surface area (Å²) in [6.45, 7) is 1.37. The molecule has 0 radical (unpaired) electrons. The van der Waals surface area contributed by atoms with Gasteiger partial charge in [-0.25, -0.2) is 8.42 Å². The Balaban J connectivity index is 1.54. The van der Waals surface area contributed by atoms with Gasteiger partial charge in [-0.05, 0) is 37.3 Å². The van der Waals surface area contributed by atoms with Crippen molar-refractivity contribution in [3.8, 4) is 6.07 Å². The van der Waals surface area contributed by atoms with Gasteiger partial charge in [0.15, 0.2) is 0 Å². The lowest BCUT2D eigenvalue weighted by molar-refractivity contribution is 0.0730. The minimum Gasteiger partial charge on any atom is -0.379 e. The SMILES string of the molecule is N#Cc1c(NC(=O)c2cc(S(=O)(=O)N3CCOCC3)cs2)sc2c1CCCC2. The van der Waals surface area contributed by atoms with Gasteiger partial charge in [0.1, 0.15) is 11.1 Å². The normalized spacial score (nSPS) is 17.7. The quantitative estimate of drug-likeness (QED) is 0.793. The van der Waals surface area contributed by atoms with Crippen LogP contribution in [0.1, 0.15) is 38.5 Å². The molecule has 2 aromatic heterocycles. The molecule has 1 aliphatic heterocycles. The van der Waals surface area contributed by atoms with Gasteiger partial charge in [-0.2, -0.15) is 9.57 Å². The molecule has 0 aromatic carbocycles. The maximum absolute atomic E-state index is 12.7. The van der Waals surface area contributed by atoms with Gasteiger partial charge in [-0.15, -0.1) is 22.7 Å². The lowest BCUT2D eigenvalue weighted by Crippen LogP contribution is -2.40. The second-order valence-electron chi connectivity index (χ2n) is 6.64. The maximum Gasteiger partial charge on any atom is 0.266 e. The molecule has 0 bridgehead atoms. The molecule has 0 spiro atoms. The standard InChI is InChI=1S/C18H19N3O4S3/c19-10-14-13-3-1-2-4-15(13)27-18(14)20-17(22)16-9-12(11-26-16)28(23,24)21-5-7-25-8-6-21/h9,11H,1-8H2,(H,20,22). The largest absolute Gasteiger partial charge is 0.379 e. The number of thiophene rings is 2. The van der Waals surface area contributed by atoms with Crippen LogP contribution >= 0.6 is 22.7 Å². The second kappa shape index (κ2) is 7.93. The molecule has 7 nitrogen and oxygen atoms in total. The number of hydrogen-bond donors (Lipinski definition) is 1. The van der Waals surface area contributed by atoms with Crippen LogP contribution in [0.3, 0.4) is 0 Å². The van der Waals surface area contributed by atoms with E-state index in [1.807, 2.05) is 0 Å². The topological polar surface area (TPSA) is 99.5 Å². The van der Waals surface area contributed by atoms with E-state index in [9.17, 15) is 18.5 Å². The van der Waals surface area contributed by atoms with Crippen LogP contribution in [0.2, 0.25) is 0 Å². The molecule has 1 aliphatic carbocycles. The van der Waals surface area contributed by atoms with Crippen LogP contribution in [-0.2, 0) is 27.6 Å². The van der Waals surface area contributed by atoms with Crippen LogP contribution in [0.4, 0.5) is 5.00 Å². The highest BCUT2D eigenvalue weighted by molar-refractivity contribution is 7.89.